The summed E-state index contributed by atoms with van der Waals surface area (Å²) in [5.74, 6) is 0.908. The lowest BCUT2D eigenvalue weighted by Crippen LogP contribution is -2.00. The van der Waals surface area contributed by atoms with Gasteiger partial charge in [0.15, 0.2) is 5.65 Å². The third-order valence-corrected chi connectivity index (χ3v) is 5.54. The lowest BCUT2D eigenvalue weighted by atomic mass is 10.1. The summed E-state index contributed by atoms with van der Waals surface area (Å²) in [7, 11) is 0. The van der Waals surface area contributed by atoms with Crippen molar-refractivity contribution >= 4 is 17.4 Å². The first-order valence-electron chi connectivity index (χ1n) is 8.73. The zero-order valence-corrected chi connectivity index (χ0v) is 15.9. The number of hydrogen-bond donors (Lipinski definition) is 1. The fraction of sp³-hybridized carbons (Fsp3) is 0.250. The van der Waals surface area contributed by atoms with Crippen molar-refractivity contribution in [1.82, 2.24) is 24.6 Å². The van der Waals surface area contributed by atoms with Crippen LogP contribution in [-0.4, -0.2) is 24.6 Å². The Balaban J connectivity index is 1.72. The number of rotatable bonds is 5. The Morgan fingerprint density at radius 2 is 1.96 bits per heavy atom. The molecule has 0 aliphatic rings. The molecule has 26 heavy (non-hydrogen) atoms. The minimum atomic E-state index is 0.0229. The second-order valence-corrected chi connectivity index (χ2v) is 7.48. The molecule has 0 bridgehead atoms. The highest BCUT2D eigenvalue weighted by atomic mass is 32.2. The molecule has 3 aromatic heterocycles. The van der Waals surface area contributed by atoms with Crippen LogP contribution in [0.15, 0.2) is 53.9 Å². The van der Waals surface area contributed by atoms with Crippen LogP contribution >= 0.6 is 11.8 Å². The van der Waals surface area contributed by atoms with Gasteiger partial charge in [-0.3, -0.25) is 0 Å². The predicted molar refractivity (Wildman–Crippen MR) is 105 cm³/mol. The van der Waals surface area contributed by atoms with Crippen molar-refractivity contribution in [3.05, 3.63) is 77.0 Å². The Kier molecular flexibility index (Phi) is 4.51. The van der Waals surface area contributed by atoms with Gasteiger partial charge in [-0.1, -0.05) is 43.0 Å². The van der Waals surface area contributed by atoms with E-state index in [0.29, 0.717) is 0 Å². The van der Waals surface area contributed by atoms with Crippen LogP contribution in [0.2, 0.25) is 0 Å². The summed E-state index contributed by atoms with van der Waals surface area (Å²) in [5.41, 5.74) is 5.67. The molecule has 6 heteroatoms. The molecular formula is C20H21N5S. The van der Waals surface area contributed by atoms with Gasteiger partial charge in [-0.15, -0.1) is 5.10 Å². The topological polar surface area (TPSA) is 58.9 Å². The molecule has 0 aliphatic heterocycles. The summed E-state index contributed by atoms with van der Waals surface area (Å²) in [6, 6.07) is 12.9. The maximum atomic E-state index is 4.72. The lowest BCUT2D eigenvalue weighted by molar-refractivity contribution is 0.851. The largest absolute Gasteiger partial charge is 0.347 e. The molecule has 1 unspecified atom stereocenters. The average Bonchev–Trinajstić information content (AvgIpc) is 3.29. The molecule has 1 N–H and O–H groups in total. The molecule has 0 aliphatic carbocycles. The minimum absolute atomic E-state index is 0.0229. The molecule has 0 fully saturated rings. The lowest BCUT2D eigenvalue weighted by Gasteiger charge is -2.13. The smallest absolute Gasteiger partial charge is 0.210 e. The van der Waals surface area contributed by atoms with Crippen LogP contribution in [0.25, 0.3) is 5.65 Å². The molecule has 1 atom stereocenters. The Morgan fingerprint density at radius 1 is 1.15 bits per heavy atom. The van der Waals surface area contributed by atoms with Gasteiger partial charge in [0.25, 0.3) is 0 Å². The number of aromatic nitrogens is 5. The Morgan fingerprint density at radius 3 is 2.65 bits per heavy atom. The van der Waals surface area contributed by atoms with Gasteiger partial charge in [0.2, 0.25) is 5.16 Å². The van der Waals surface area contributed by atoms with Crippen molar-refractivity contribution in [1.29, 1.82) is 0 Å². The number of benzene rings is 1. The standard InChI is InChI=1S/C20H21N5S/c1-4-15-5-7-16(8-6-15)18(19-21-9-10-22-19)26-20-23-17-12-13(2)11-14(3)25(17)24-20/h5-12,18H,4H2,1-3H3,(H,21,22). The van der Waals surface area contributed by atoms with Crippen LogP contribution in [0.3, 0.4) is 0 Å². The van der Waals surface area contributed by atoms with Crippen LogP contribution < -0.4 is 0 Å². The van der Waals surface area contributed by atoms with Crippen LogP contribution in [0.5, 0.6) is 0 Å². The Bertz CT molecular complexity index is 1020. The van der Waals surface area contributed by atoms with E-state index in [1.165, 1.54) is 16.7 Å². The quantitative estimate of drug-likeness (QED) is 0.530. The third kappa shape index (κ3) is 3.24. The van der Waals surface area contributed by atoms with E-state index in [0.717, 1.165) is 28.7 Å². The van der Waals surface area contributed by atoms with Gasteiger partial charge in [-0.25, -0.2) is 14.5 Å². The first kappa shape index (κ1) is 16.8. The summed E-state index contributed by atoms with van der Waals surface area (Å²) in [6.07, 6.45) is 4.67. The van der Waals surface area contributed by atoms with Gasteiger partial charge in [0.1, 0.15) is 5.82 Å². The van der Waals surface area contributed by atoms with Crippen molar-refractivity contribution in [2.45, 2.75) is 37.6 Å². The minimum Gasteiger partial charge on any atom is -0.347 e. The van der Waals surface area contributed by atoms with Crippen molar-refractivity contribution in [3.63, 3.8) is 0 Å². The second kappa shape index (κ2) is 6.96. The maximum Gasteiger partial charge on any atom is 0.210 e. The summed E-state index contributed by atoms with van der Waals surface area (Å²) < 4.78 is 1.90. The van der Waals surface area contributed by atoms with E-state index in [9.17, 15) is 0 Å². The molecule has 1 aromatic carbocycles. The number of nitrogens with zero attached hydrogens (tertiary/aromatic N) is 4. The number of thioether (sulfide) groups is 1. The zero-order valence-electron chi connectivity index (χ0n) is 15.1. The number of aromatic amines is 1. The third-order valence-electron chi connectivity index (χ3n) is 4.42. The summed E-state index contributed by atoms with van der Waals surface area (Å²) in [4.78, 5) is 12.4. The van der Waals surface area contributed by atoms with E-state index >= 15 is 0 Å². The highest BCUT2D eigenvalue weighted by Gasteiger charge is 2.21. The van der Waals surface area contributed by atoms with Gasteiger partial charge < -0.3 is 4.98 Å². The number of aryl methyl sites for hydroxylation is 3. The van der Waals surface area contributed by atoms with E-state index in [1.807, 2.05) is 10.7 Å². The monoisotopic (exact) mass is 363 g/mol. The molecule has 132 valence electrons. The average molecular weight is 363 g/mol. The van der Waals surface area contributed by atoms with E-state index < -0.39 is 0 Å². The molecule has 3 heterocycles. The zero-order chi connectivity index (χ0) is 18.1. The van der Waals surface area contributed by atoms with E-state index in [4.69, 9.17) is 4.98 Å². The van der Waals surface area contributed by atoms with Gasteiger partial charge >= 0.3 is 0 Å². The molecule has 5 nitrogen and oxygen atoms in total. The number of imidazole rings is 1. The van der Waals surface area contributed by atoms with Crippen LogP contribution in [0.1, 0.15) is 40.4 Å². The van der Waals surface area contributed by atoms with Crippen LogP contribution in [0.4, 0.5) is 0 Å². The fourth-order valence-electron chi connectivity index (χ4n) is 3.08. The molecule has 0 saturated heterocycles. The SMILES string of the molecule is CCc1ccc(C(Sc2nc3cc(C)cc(C)n3n2)c2ncc[nH]2)cc1. The Labute approximate surface area is 156 Å². The van der Waals surface area contributed by atoms with Crippen molar-refractivity contribution in [3.8, 4) is 0 Å². The highest BCUT2D eigenvalue weighted by molar-refractivity contribution is 7.99. The van der Waals surface area contributed by atoms with Gasteiger partial charge in [-0.05, 0) is 49.1 Å². The molecule has 0 spiro atoms. The highest BCUT2D eigenvalue weighted by Crippen LogP contribution is 2.37. The molecule has 0 saturated carbocycles. The van der Waals surface area contributed by atoms with Gasteiger partial charge in [-0.2, -0.15) is 0 Å². The van der Waals surface area contributed by atoms with Crippen molar-refractivity contribution in [2.24, 2.45) is 0 Å². The van der Waals surface area contributed by atoms with Crippen molar-refractivity contribution in [2.75, 3.05) is 0 Å². The second-order valence-electron chi connectivity index (χ2n) is 6.41. The van der Waals surface area contributed by atoms with Crippen molar-refractivity contribution < 1.29 is 0 Å². The first-order valence-corrected chi connectivity index (χ1v) is 9.61. The number of H-pyrrole nitrogens is 1. The summed E-state index contributed by atoms with van der Waals surface area (Å²) >= 11 is 1.62. The molecule has 4 rings (SSSR count). The maximum absolute atomic E-state index is 4.72. The molecule has 0 radical (unpaired) electrons. The fourth-order valence-corrected chi connectivity index (χ4v) is 4.10. The summed E-state index contributed by atoms with van der Waals surface area (Å²) in [6.45, 7) is 6.30. The number of nitrogens with one attached hydrogen (secondary N) is 1. The van der Waals surface area contributed by atoms with Gasteiger partial charge in [0, 0.05) is 18.1 Å². The van der Waals surface area contributed by atoms with Gasteiger partial charge in [0.05, 0.1) is 5.25 Å². The molecule has 4 aromatic rings. The molecule has 0 amide bonds. The molecular weight excluding hydrogens is 342 g/mol. The number of hydrogen-bond acceptors (Lipinski definition) is 4. The van der Waals surface area contributed by atoms with E-state index in [2.05, 4.69) is 72.2 Å². The predicted octanol–water partition coefficient (Wildman–Crippen LogP) is 4.51. The van der Waals surface area contributed by atoms with Crippen LogP contribution in [-0.2, 0) is 6.42 Å². The normalized spacial score (nSPS) is 12.6. The number of pyridine rings is 1. The van der Waals surface area contributed by atoms with E-state index in [1.54, 1.807) is 18.0 Å². The van der Waals surface area contributed by atoms with E-state index in [-0.39, 0.29) is 5.25 Å². The summed E-state index contributed by atoms with van der Waals surface area (Å²) in [5, 5.41) is 5.46. The Hall–Kier alpha value is -2.60. The van der Waals surface area contributed by atoms with Crippen LogP contribution in [0, 0.1) is 13.8 Å². The first-order chi connectivity index (χ1) is 12.6. The number of fused-ring (bicyclic) bond motifs is 1.